The van der Waals surface area contributed by atoms with Crippen LogP contribution in [-0.2, 0) is 9.59 Å². The zero-order valence-electron chi connectivity index (χ0n) is 17.8. The van der Waals surface area contributed by atoms with Gasteiger partial charge in [-0.15, -0.1) is 0 Å². The lowest BCUT2D eigenvalue weighted by atomic mass is 9.96. The number of rotatable bonds is 11. The van der Waals surface area contributed by atoms with Gasteiger partial charge in [0.05, 0.1) is 24.2 Å². The number of hydrogen-bond donors (Lipinski definition) is 2. The van der Waals surface area contributed by atoms with Crippen molar-refractivity contribution in [2.45, 2.75) is 53.9 Å². The number of amides is 2. The molecule has 0 radical (unpaired) electrons. The second-order valence-corrected chi connectivity index (χ2v) is 7.57. The van der Waals surface area contributed by atoms with Crippen molar-refractivity contribution < 1.29 is 24.0 Å². The van der Waals surface area contributed by atoms with Crippen molar-refractivity contribution >= 4 is 23.2 Å². The predicted molar refractivity (Wildman–Crippen MR) is 110 cm³/mol. The Morgan fingerprint density at radius 2 is 1.62 bits per heavy atom. The summed E-state index contributed by atoms with van der Waals surface area (Å²) in [6, 6.07) is 2.67. The van der Waals surface area contributed by atoms with Crippen LogP contribution in [0.5, 0.6) is 11.5 Å². The zero-order valence-corrected chi connectivity index (χ0v) is 17.8. The second-order valence-electron chi connectivity index (χ2n) is 7.57. The molecule has 0 heterocycles. The lowest BCUT2D eigenvalue weighted by molar-refractivity contribution is -0.384. The van der Waals surface area contributed by atoms with Crippen LogP contribution >= 0.6 is 0 Å². The topological polar surface area (TPSA) is 120 Å². The van der Waals surface area contributed by atoms with E-state index in [1.165, 1.54) is 12.1 Å². The first-order valence-electron chi connectivity index (χ1n) is 9.76. The van der Waals surface area contributed by atoms with Crippen molar-refractivity contribution in [1.82, 2.24) is 5.32 Å². The highest BCUT2D eigenvalue weighted by molar-refractivity contribution is 5.94. The molecule has 1 aromatic carbocycles. The molecule has 0 unspecified atom stereocenters. The van der Waals surface area contributed by atoms with Crippen molar-refractivity contribution in [2.24, 2.45) is 5.41 Å². The molecule has 0 aliphatic carbocycles. The van der Waals surface area contributed by atoms with Gasteiger partial charge in [-0.1, -0.05) is 34.6 Å². The monoisotopic (exact) mass is 409 g/mol. The maximum atomic E-state index is 12.2. The Morgan fingerprint density at radius 3 is 2.10 bits per heavy atom. The molecular weight excluding hydrogens is 378 g/mol. The van der Waals surface area contributed by atoms with Gasteiger partial charge < -0.3 is 20.1 Å². The van der Waals surface area contributed by atoms with Crippen molar-refractivity contribution in [3.8, 4) is 11.5 Å². The summed E-state index contributed by atoms with van der Waals surface area (Å²) in [5.41, 5.74) is -0.820. The van der Waals surface area contributed by atoms with Crippen molar-refractivity contribution in [1.29, 1.82) is 0 Å². The van der Waals surface area contributed by atoms with Crippen LogP contribution < -0.4 is 20.1 Å². The van der Waals surface area contributed by atoms with Gasteiger partial charge in [-0.25, -0.2) is 0 Å². The summed E-state index contributed by atoms with van der Waals surface area (Å²) in [6.45, 7) is 10.1. The van der Waals surface area contributed by atoms with E-state index in [1.807, 2.05) is 13.8 Å². The van der Waals surface area contributed by atoms with Crippen molar-refractivity contribution in [3.63, 3.8) is 0 Å². The van der Waals surface area contributed by atoms with E-state index >= 15 is 0 Å². The maximum Gasteiger partial charge on any atom is 0.296 e. The summed E-state index contributed by atoms with van der Waals surface area (Å²) in [7, 11) is 0. The van der Waals surface area contributed by atoms with Gasteiger partial charge in [0.15, 0.2) is 11.5 Å². The highest BCUT2D eigenvalue weighted by atomic mass is 16.6. The summed E-state index contributed by atoms with van der Waals surface area (Å²) in [6.07, 6.45) is 1.47. The second kappa shape index (κ2) is 11.2. The molecule has 0 atom stereocenters. The first-order chi connectivity index (χ1) is 13.6. The molecule has 1 rings (SSSR count). The van der Waals surface area contributed by atoms with Gasteiger partial charge in [0, 0.05) is 24.4 Å². The number of anilines is 1. The van der Waals surface area contributed by atoms with Crippen LogP contribution in [0.2, 0.25) is 0 Å². The van der Waals surface area contributed by atoms with E-state index < -0.39 is 16.2 Å². The number of carbonyl (C=O) groups excluding carboxylic acids is 2. The molecule has 2 amide bonds. The van der Waals surface area contributed by atoms with Crippen molar-refractivity contribution in [2.75, 3.05) is 25.1 Å². The molecule has 0 fully saturated rings. The van der Waals surface area contributed by atoms with E-state index in [1.54, 1.807) is 20.8 Å². The third kappa shape index (κ3) is 7.97. The van der Waals surface area contributed by atoms with Crippen LogP contribution in [0.25, 0.3) is 0 Å². The Balaban J connectivity index is 2.95. The fourth-order valence-corrected chi connectivity index (χ4v) is 2.22. The molecule has 9 nitrogen and oxygen atoms in total. The molecule has 0 aromatic heterocycles. The smallest absolute Gasteiger partial charge is 0.296 e. The average molecular weight is 409 g/mol. The lowest BCUT2D eigenvalue weighted by Crippen LogP contribution is -2.36. The number of carbonyl (C=O) groups is 2. The number of nitro groups is 1. The summed E-state index contributed by atoms with van der Waals surface area (Å²) in [4.78, 5) is 35.0. The van der Waals surface area contributed by atoms with Gasteiger partial charge in [0.2, 0.25) is 11.8 Å². The highest BCUT2D eigenvalue weighted by Crippen LogP contribution is 2.38. The molecule has 0 aliphatic rings. The third-order valence-corrected chi connectivity index (χ3v) is 3.78. The van der Waals surface area contributed by atoms with E-state index in [0.29, 0.717) is 19.0 Å². The predicted octanol–water partition coefficient (Wildman–Crippen LogP) is 3.66. The quantitative estimate of drug-likeness (QED) is 0.425. The largest absolute Gasteiger partial charge is 0.490 e. The zero-order chi connectivity index (χ0) is 22.0. The van der Waals surface area contributed by atoms with Crippen LogP contribution in [-0.4, -0.2) is 36.5 Å². The number of nitrogens with zero attached hydrogens (tertiary/aromatic N) is 1. The van der Waals surface area contributed by atoms with E-state index in [0.717, 1.165) is 12.8 Å². The highest BCUT2D eigenvalue weighted by Gasteiger charge is 2.23. The molecule has 0 spiro atoms. The van der Waals surface area contributed by atoms with E-state index in [2.05, 4.69) is 10.6 Å². The fraction of sp³-hybridized carbons (Fsp3) is 0.600. The molecule has 0 aliphatic heterocycles. The normalized spacial score (nSPS) is 10.9. The van der Waals surface area contributed by atoms with Gasteiger partial charge in [-0.3, -0.25) is 19.7 Å². The van der Waals surface area contributed by atoms with Gasteiger partial charge >= 0.3 is 0 Å². The molecular formula is C20H31N3O6. The van der Waals surface area contributed by atoms with Crippen LogP contribution in [0.15, 0.2) is 12.1 Å². The van der Waals surface area contributed by atoms with E-state index in [4.69, 9.17) is 9.47 Å². The lowest BCUT2D eigenvalue weighted by Gasteiger charge is -2.17. The Bertz CT molecular complexity index is 728. The van der Waals surface area contributed by atoms with Gasteiger partial charge in [0.25, 0.3) is 5.69 Å². The third-order valence-electron chi connectivity index (χ3n) is 3.78. The fourth-order valence-electron chi connectivity index (χ4n) is 2.22. The minimum Gasteiger partial charge on any atom is -0.490 e. The van der Waals surface area contributed by atoms with E-state index in [9.17, 15) is 19.7 Å². The maximum absolute atomic E-state index is 12.2. The number of nitrogens with one attached hydrogen (secondary N) is 2. The van der Waals surface area contributed by atoms with Crippen LogP contribution in [0.1, 0.15) is 53.9 Å². The molecule has 0 saturated carbocycles. The van der Waals surface area contributed by atoms with Gasteiger partial charge in [-0.05, 0) is 12.8 Å². The van der Waals surface area contributed by atoms with Gasteiger partial charge in [-0.2, -0.15) is 0 Å². The Labute approximate surface area is 171 Å². The van der Waals surface area contributed by atoms with Crippen LogP contribution in [0.4, 0.5) is 11.4 Å². The number of hydrogen-bond acceptors (Lipinski definition) is 6. The first-order valence-corrected chi connectivity index (χ1v) is 9.76. The minimum absolute atomic E-state index is 0.0157. The summed E-state index contributed by atoms with van der Waals surface area (Å²) < 4.78 is 11.2. The standard InChI is InChI=1S/C20H31N3O6/c1-6-10-28-16-12-14(15(23(26)27)13-17(16)29-11-7-2)22-18(24)8-9-21-19(25)20(3,4)5/h12-13H,6-11H2,1-5H3,(H,21,25)(H,22,24). The minimum atomic E-state index is -0.584. The van der Waals surface area contributed by atoms with E-state index in [-0.39, 0.29) is 36.0 Å². The van der Waals surface area contributed by atoms with Crippen LogP contribution in [0, 0.1) is 15.5 Å². The first kappa shape index (κ1) is 24.2. The summed E-state index contributed by atoms with van der Waals surface area (Å²) >= 11 is 0. The molecule has 2 N–H and O–H groups in total. The molecule has 9 heteroatoms. The summed E-state index contributed by atoms with van der Waals surface area (Å²) in [5.74, 6) is -0.0281. The molecule has 0 saturated heterocycles. The average Bonchev–Trinajstić information content (AvgIpc) is 2.64. The van der Waals surface area contributed by atoms with Gasteiger partial charge in [0.1, 0.15) is 5.69 Å². The molecule has 162 valence electrons. The van der Waals surface area contributed by atoms with Crippen LogP contribution in [0.3, 0.4) is 0 Å². The Hall–Kier alpha value is -2.84. The molecule has 29 heavy (non-hydrogen) atoms. The number of ether oxygens (including phenoxy) is 2. The Kier molecular flexibility index (Phi) is 9.37. The molecule has 0 bridgehead atoms. The number of nitro benzene ring substituents is 1. The van der Waals surface area contributed by atoms with Crippen molar-refractivity contribution in [3.05, 3.63) is 22.2 Å². The Morgan fingerprint density at radius 1 is 1.07 bits per heavy atom. The molecule has 1 aromatic rings. The SMILES string of the molecule is CCCOc1cc(NC(=O)CCNC(=O)C(C)(C)C)c([N+](=O)[O-])cc1OCCC. The number of benzene rings is 1. The summed E-state index contributed by atoms with van der Waals surface area (Å²) in [5, 5.41) is 16.7.